The molecule has 0 aromatic heterocycles. The number of ether oxygens (including phenoxy) is 1. The Morgan fingerprint density at radius 3 is 2.75 bits per heavy atom. The molecule has 2 heteroatoms. The SMILES string of the molecule is CCCCCCCC(C)CNC1CCOC1. The van der Waals surface area contributed by atoms with Gasteiger partial charge in [-0.1, -0.05) is 46.0 Å². The van der Waals surface area contributed by atoms with Gasteiger partial charge in [0.05, 0.1) is 6.61 Å². The maximum atomic E-state index is 5.35. The van der Waals surface area contributed by atoms with Crippen LogP contribution in [0, 0.1) is 5.92 Å². The summed E-state index contributed by atoms with van der Waals surface area (Å²) in [4.78, 5) is 0. The molecule has 0 amide bonds. The first-order chi connectivity index (χ1) is 7.83. The van der Waals surface area contributed by atoms with Crippen molar-refractivity contribution in [2.24, 2.45) is 5.92 Å². The van der Waals surface area contributed by atoms with Gasteiger partial charge in [0.15, 0.2) is 0 Å². The lowest BCUT2D eigenvalue weighted by molar-refractivity contribution is 0.189. The number of rotatable bonds is 9. The van der Waals surface area contributed by atoms with E-state index in [0.29, 0.717) is 6.04 Å². The zero-order valence-electron chi connectivity index (χ0n) is 11.1. The Balaban J connectivity index is 1.87. The van der Waals surface area contributed by atoms with Gasteiger partial charge in [0, 0.05) is 12.6 Å². The molecule has 1 fully saturated rings. The molecule has 1 rings (SSSR count). The van der Waals surface area contributed by atoms with E-state index in [1.807, 2.05) is 0 Å². The molecule has 96 valence electrons. The van der Waals surface area contributed by atoms with E-state index in [-0.39, 0.29) is 0 Å². The normalized spacial score (nSPS) is 22.5. The molecule has 1 heterocycles. The van der Waals surface area contributed by atoms with Crippen molar-refractivity contribution in [1.82, 2.24) is 5.32 Å². The summed E-state index contributed by atoms with van der Waals surface area (Å²) in [5.74, 6) is 0.822. The summed E-state index contributed by atoms with van der Waals surface area (Å²) in [5.41, 5.74) is 0. The van der Waals surface area contributed by atoms with Gasteiger partial charge in [0.2, 0.25) is 0 Å². The molecule has 0 radical (unpaired) electrons. The van der Waals surface area contributed by atoms with Crippen molar-refractivity contribution in [3.63, 3.8) is 0 Å². The molecule has 2 atom stereocenters. The van der Waals surface area contributed by atoms with Crippen molar-refractivity contribution in [2.75, 3.05) is 19.8 Å². The van der Waals surface area contributed by atoms with Crippen molar-refractivity contribution >= 4 is 0 Å². The summed E-state index contributed by atoms with van der Waals surface area (Å²) in [6.45, 7) is 7.67. The van der Waals surface area contributed by atoms with Gasteiger partial charge in [-0.25, -0.2) is 0 Å². The minimum absolute atomic E-state index is 0.627. The van der Waals surface area contributed by atoms with Crippen molar-refractivity contribution < 1.29 is 4.74 Å². The van der Waals surface area contributed by atoms with Gasteiger partial charge in [-0.2, -0.15) is 0 Å². The Hall–Kier alpha value is -0.0800. The van der Waals surface area contributed by atoms with Crippen molar-refractivity contribution in [3.05, 3.63) is 0 Å². The fourth-order valence-electron chi connectivity index (χ4n) is 2.26. The van der Waals surface area contributed by atoms with Crippen LogP contribution in [-0.4, -0.2) is 25.8 Å². The minimum atomic E-state index is 0.627. The van der Waals surface area contributed by atoms with Gasteiger partial charge in [0.25, 0.3) is 0 Å². The number of hydrogen-bond donors (Lipinski definition) is 1. The highest BCUT2D eigenvalue weighted by atomic mass is 16.5. The Labute approximate surface area is 101 Å². The Morgan fingerprint density at radius 1 is 1.25 bits per heavy atom. The molecule has 2 nitrogen and oxygen atoms in total. The van der Waals surface area contributed by atoms with Crippen LogP contribution < -0.4 is 5.32 Å². The first-order valence-electron chi connectivity index (χ1n) is 7.14. The van der Waals surface area contributed by atoms with Crippen LogP contribution in [0.25, 0.3) is 0 Å². The summed E-state index contributed by atoms with van der Waals surface area (Å²) in [6, 6.07) is 0.627. The molecular weight excluding hydrogens is 198 g/mol. The van der Waals surface area contributed by atoms with Gasteiger partial charge in [0.1, 0.15) is 0 Å². The quantitative estimate of drug-likeness (QED) is 0.610. The van der Waals surface area contributed by atoms with E-state index in [2.05, 4.69) is 19.2 Å². The molecule has 2 unspecified atom stereocenters. The average Bonchev–Trinajstić information content (AvgIpc) is 2.79. The summed E-state index contributed by atoms with van der Waals surface area (Å²) >= 11 is 0. The monoisotopic (exact) mass is 227 g/mol. The molecule has 0 aromatic carbocycles. The summed E-state index contributed by atoms with van der Waals surface area (Å²) in [7, 11) is 0. The average molecular weight is 227 g/mol. The molecule has 1 aliphatic rings. The zero-order chi connectivity index (χ0) is 11.6. The first kappa shape index (κ1) is 14.0. The predicted molar refractivity (Wildman–Crippen MR) is 69.8 cm³/mol. The van der Waals surface area contributed by atoms with Crippen LogP contribution >= 0.6 is 0 Å². The fraction of sp³-hybridized carbons (Fsp3) is 1.00. The van der Waals surface area contributed by atoms with Crippen LogP contribution in [0.5, 0.6) is 0 Å². The van der Waals surface area contributed by atoms with Crippen LogP contribution in [0.4, 0.5) is 0 Å². The highest BCUT2D eigenvalue weighted by molar-refractivity contribution is 4.72. The van der Waals surface area contributed by atoms with Gasteiger partial charge in [-0.05, 0) is 25.3 Å². The van der Waals surface area contributed by atoms with E-state index in [1.165, 1.54) is 51.5 Å². The summed E-state index contributed by atoms with van der Waals surface area (Å²) < 4.78 is 5.35. The lowest BCUT2D eigenvalue weighted by Crippen LogP contribution is -2.32. The molecule has 0 spiro atoms. The molecule has 1 aliphatic heterocycles. The maximum absolute atomic E-state index is 5.35. The second kappa shape index (κ2) is 9.00. The predicted octanol–water partition coefficient (Wildman–Crippen LogP) is 3.36. The summed E-state index contributed by atoms with van der Waals surface area (Å²) in [6.07, 6.45) is 9.58. The topological polar surface area (TPSA) is 21.3 Å². The number of hydrogen-bond acceptors (Lipinski definition) is 2. The highest BCUT2D eigenvalue weighted by Crippen LogP contribution is 2.11. The molecule has 0 bridgehead atoms. The molecule has 0 aromatic rings. The standard InChI is InChI=1S/C14H29NO/c1-3-4-5-6-7-8-13(2)11-15-14-9-10-16-12-14/h13-15H,3-12H2,1-2H3. The van der Waals surface area contributed by atoms with E-state index in [9.17, 15) is 0 Å². The van der Waals surface area contributed by atoms with E-state index < -0.39 is 0 Å². The fourth-order valence-corrected chi connectivity index (χ4v) is 2.26. The highest BCUT2D eigenvalue weighted by Gasteiger charge is 2.15. The van der Waals surface area contributed by atoms with E-state index in [0.717, 1.165) is 19.1 Å². The molecule has 1 N–H and O–H groups in total. The van der Waals surface area contributed by atoms with Crippen molar-refractivity contribution in [3.8, 4) is 0 Å². The molecule has 0 saturated carbocycles. The third kappa shape index (κ3) is 6.49. The van der Waals surface area contributed by atoms with Gasteiger partial charge < -0.3 is 10.1 Å². The lowest BCUT2D eigenvalue weighted by atomic mass is 10.0. The van der Waals surface area contributed by atoms with Gasteiger partial charge >= 0.3 is 0 Å². The smallest absolute Gasteiger partial charge is 0.0620 e. The van der Waals surface area contributed by atoms with Crippen LogP contribution in [0.3, 0.4) is 0 Å². The molecule has 0 aliphatic carbocycles. The second-order valence-corrected chi connectivity index (χ2v) is 5.28. The van der Waals surface area contributed by atoms with Gasteiger partial charge in [-0.15, -0.1) is 0 Å². The first-order valence-corrected chi connectivity index (χ1v) is 7.14. The molecule has 16 heavy (non-hydrogen) atoms. The van der Waals surface area contributed by atoms with Gasteiger partial charge in [-0.3, -0.25) is 0 Å². The zero-order valence-corrected chi connectivity index (χ0v) is 11.1. The van der Waals surface area contributed by atoms with E-state index in [4.69, 9.17) is 4.74 Å². The minimum Gasteiger partial charge on any atom is -0.380 e. The lowest BCUT2D eigenvalue weighted by Gasteiger charge is -2.15. The van der Waals surface area contributed by atoms with Crippen LogP contribution in [0.1, 0.15) is 58.8 Å². The van der Waals surface area contributed by atoms with Crippen LogP contribution in [0.15, 0.2) is 0 Å². The van der Waals surface area contributed by atoms with Crippen molar-refractivity contribution in [1.29, 1.82) is 0 Å². The van der Waals surface area contributed by atoms with E-state index >= 15 is 0 Å². The second-order valence-electron chi connectivity index (χ2n) is 5.28. The Bertz CT molecular complexity index is 155. The summed E-state index contributed by atoms with van der Waals surface area (Å²) in [5, 5.41) is 3.61. The molecular formula is C14H29NO. The van der Waals surface area contributed by atoms with Crippen LogP contribution in [-0.2, 0) is 4.74 Å². The Kier molecular flexibility index (Phi) is 7.87. The Morgan fingerprint density at radius 2 is 2.06 bits per heavy atom. The van der Waals surface area contributed by atoms with Crippen LogP contribution in [0.2, 0.25) is 0 Å². The van der Waals surface area contributed by atoms with Crippen molar-refractivity contribution in [2.45, 2.75) is 64.8 Å². The number of unbranched alkanes of at least 4 members (excludes halogenated alkanes) is 4. The molecule has 1 saturated heterocycles. The number of nitrogens with one attached hydrogen (secondary N) is 1. The largest absolute Gasteiger partial charge is 0.380 e. The van der Waals surface area contributed by atoms with E-state index in [1.54, 1.807) is 0 Å². The third-order valence-electron chi connectivity index (χ3n) is 3.49. The maximum Gasteiger partial charge on any atom is 0.0620 e. The third-order valence-corrected chi connectivity index (χ3v) is 3.49.